The lowest BCUT2D eigenvalue weighted by molar-refractivity contribution is -0.130. The van der Waals surface area contributed by atoms with Gasteiger partial charge in [-0.3, -0.25) is 4.79 Å². The van der Waals surface area contributed by atoms with E-state index in [4.69, 9.17) is 9.47 Å². The number of benzene rings is 2. The third-order valence-electron chi connectivity index (χ3n) is 3.22. The van der Waals surface area contributed by atoms with E-state index < -0.39 is 5.97 Å². The fourth-order valence-electron chi connectivity index (χ4n) is 1.87. The van der Waals surface area contributed by atoms with Crippen LogP contribution >= 0.6 is 0 Å². The van der Waals surface area contributed by atoms with Crippen LogP contribution in [0.2, 0.25) is 0 Å². The molecule has 0 aliphatic rings. The van der Waals surface area contributed by atoms with E-state index in [1.165, 1.54) is 6.08 Å². The van der Waals surface area contributed by atoms with Gasteiger partial charge in [-0.05, 0) is 55.0 Å². The molecule has 0 radical (unpaired) electrons. The molecule has 0 aliphatic heterocycles. The highest BCUT2D eigenvalue weighted by molar-refractivity contribution is 6.02. The van der Waals surface area contributed by atoms with Gasteiger partial charge in [0.25, 0.3) is 0 Å². The lowest BCUT2D eigenvalue weighted by atomic mass is 10.2. The van der Waals surface area contributed by atoms with Crippen molar-refractivity contribution in [2.75, 3.05) is 12.4 Å². The number of amides is 1. The van der Waals surface area contributed by atoms with Crippen LogP contribution in [0.1, 0.15) is 12.5 Å². The Kier molecular flexibility index (Phi) is 6.12. The van der Waals surface area contributed by atoms with Crippen LogP contribution in [0, 0.1) is 0 Å². The molecule has 0 saturated heterocycles. The molecule has 2 aromatic carbocycles. The van der Waals surface area contributed by atoms with Crippen LogP contribution in [0.3, 0.4) is 0 Å². The Labute approximate surface area is 146 Å². The van der Waals surface area contributed by atoms with Crippen molar-refractivity contribution in [2.45, 2.75) is 6.92 Å². The van der Waals surface area contributed by atoms with Crippen LogP contribution in [-0.2, 0) is 9.59 Å². The monoisotopic (exact) mass is 337 g/mol. The van der Waals surface area contributed by atoms with Crippen molar-refractivity contribution < 1.29 is 19.1 Å². The number of hydrogen-bond donors (Lipinski definition) is 1. The second kappa shape index (κ2) is 8.49. The first kappa shape index (κ1) is 18.0. The van der Waals surface area contributed by atoms with E-state index in [2.05, 4.69) is 11.9 Å². The molecule has 0 atom stereocenters. The van der Waals surface area contributed by atoms with Gasteiger partial charge in [-0.25, -0.2) is 4.79 Å². The quantitative estimate of drug-likeness (QED) is 0.494. The second-order valence-corrected chi connectivity index (χ2v) is 5.29. The largest absolute Gasteiger partial charge is 0.497 e. The fourth-order valence-corrected chi connectivity index (χ4v) is 1.87. The highest BCUT2D eigenvalue weighted by atomic mass is 16.5. The van der Waals surface area contributed by atoms with E-state index in [1.54, 1.807) is 44.4 Å². The van der Waals surface area contributed by atoms with Crippen molar-refractivity contribution in [1.29, 1.82) is 0 Å². The van der Waals surface area contributed by atoms with Gasteiger partial charge in [0.15, 0.2) is 0 Å². The third kappa shape index (κ3) is 5.66. The number of nitrogens with one attached hydrogen (secondary N) is 1. The highest BCUT2D eigenvalue weighted by Crippen LogP contribution is 2.17. The minimum absolute atomic E-state index is 0.262. The van der Waals surface area contributed by atoms with E-state index in [1.807, 2.05) is 24.3 Å². The van der Waals surface area contributed by atoms with Gasteiger partial charge in [-0.15, -0.1) is 0 Å². The Morgan fingerprint density at radius 1 is 1.00 bits per heavy atom. The normalized spacial score (nSPS) is 10.3. The first-order chi connectivity index (χ1) is 12.0. The number of hydrogen-bond acceptors (Lipinski definition) is 4. The zero-order valence-electron chi connectivity index (χ0n) is 14.1. The van der Waals surface area contributed by atoms with Crippen molar-refractivity contribution in [1.82, 2.24) is 0 Å². The Morgan fingerprint density at radius 2 is 1.60 bits per heavy atom. The molecule has 25 heavy (non-hydrogen) atoms. The Bertz CT molecular complexity index is 789. The number of anilines is 1. The van der Waals surface area contributed by atoms with Crippen LogP contribution in [0.4, 0.5) is 5.69 Å². The van der Waals surface area contributed by atoms with Crippen molar-refractivity contribution in [3.8, 4) is 11.5 Å². The van der Waals surface area contributed by atoms with Gasteiger partial charge in [-0.1, -0.05) is 18.7 Å². The molecule has 1 amide bonds. The van der Waals surface area contributed by atoms with E-state index in [0.717, 1.165) is 11.3 Å². The molecule has 2 aromatic rings. The zero-order valence-corrected chi connectivity index (χ0v) is 14.1. The molecule has 0 bridgehead atoms. The summed E-state index contributed by atoms with van der Waals surface area (Å²) < 4.78 is 10.2. The van der Waals surface area contributed by atoms with Crippen LogP contribution < -0.4 is 14.8 Å². The van der Waals surface area contributed by atoms with Crippen LogP contribution in [0.5, 0.6) is 11.5 Å². The summed E-state index contributed by atoms with van der Waals surface area (Å²) >= 11 is 0. The predicted molar refractivity (Wildman–Crippen MR) is 97.5 cm³/mol. The van der Waals surface area contributed by atoms with Crippen LogP contribution in [-0.4, -0.2) is 19.0 Å². The molecule has 1 N–H and O–H groups in total. The average molecular weight is 337 g/mol. The zero-order chi connectivity index (χ0) is 18.2. The molecule has 5 heteroatoms. The van der Waals surface area contributed by atoms with Crippen LogP contribution in [0.15, 0.2) is 66.8 Å². The minimum atomic E-state index is -0.487. The standard InChI is InChI=1S/C20H19NO4/c1-14(2)20(23)25-18-11-7-16(8-12-18)21-19(22)13-6-15-4-9-17(24-3)10-5-15/h4-13H,1H2,2-3H3,(H,21,22). The van der Waals surface area contributed by atoms with Gasteiger partial charge in [-0.2, -0.15) is 0 Å². The molecule has 0 spiro atoms. The van der Waals surface area contributed by atoms with Crippen molar-refractivity contribution in [2.24, 2.45) is 0 Å². The molecule has 0 saturated carbocycles. The smallest absolute Gasteiger partial charge is 0.338 e. The van der Waals surface area contributed by atoms with Crippen LogP contribution in [0.25, 0.3) is 6.08 Å². The summed E-state index contributed by atoms with van der Waals surface area (Å²) in [5, 5.41) is 2.73. The molecule has 0 fully saturated rings. The summed E-state index contributed by atoms with van der Waals surface area (Å²) in [4.78, 5) is 23.4. The number of carbonyl (C=O) groups is 2. The lowest BCUT2D eigenvalue weighted by Crippen LogP contribution is -2.09. The van der Waals surface area contributed by atoms with Gasteiger partial charge in [0.2, 0.25) is 5.91 Å². The summed E-state index contributed by atoms with van der Waals surface area (Å²) in [5.74, 6) is 0.399. The maximum Gasteiger partial charge on any atom is 0.338 e. The van der Waals surface area contributed by atoms with Gasteiger partial charge in [0.1, 0.15) is 11.5 Å². The molecular formula is C20H19NO4. The maximum atomic E-state index is 11.9. The van der Waals surface area contributed by atoms with Crippen molar-refractivity contribution >= 4 is 23.6 Å². The highest BCUT2D eigenvalue weighted by Gasteiger charge is 2.05. The molecule has 0 aliphatic carbocycles. The average Bonchev–Trinajstić information content (AvgIpc) is 2.62. The number of rotatable bonds is 6. The van der Waals surface area contributed by atoms with E-state index in [9.17, 15) is 9.59 Å². The number of methoxy groups -OCH3 is 1. The molecule has 128 valence electrons. The lowest BCUT2D eigenvalue weighted by Gasteiger charge is -2.06. The number of esters is 1. The summed E-state index contributed by atoms with van der Waals surface area (Å²) in [6, 6.07) is 13.9. The van der Waals surface area contributed by atoms with Gasteiger partial charge >= 0.3 is 5.97 Å². The summed E-state index contributed by atoms with van der Waals surface area (Å²) in [6.45, 7) is 5.09. The Hall–Kier alpha value is -3.34. The maximum absolute atomic E-state index is 11.9. The topological polar surface area (TPSA) is 64.6 Å². The molecule has 0 aromatic heterocycles. The van der Waals surface area contributed by atoms with Crippen molar-refractivity contribution in [3.63, 3.8) is 0 Å². The molecule has 0 heterocycles. The Morgan fingerprint density at radius 3 is 2.16 bits per heavy atom. The van der Waals surface area contributed by atoms with E-state index >= 15 is 0 Å². The number of ether oxygens (including phenoxy) is 2. The number of carbonyl (C=O) groups excluding carboxylic acids is 2. The van der Waals surface area contributed by atoms with E-state index in [-0.39, 0.29) is 5.91 Å². The fraction of sp³-hybridized carbons (Fsp3) is 0.100. The third-order valence-corrected chi connectivity index (χ3v) is 3.22. The minimum Gasteiger partial charge on any atom is -0.497 e. The van der Waals surface area contributed by atoms with Gasteiger partial charge < -0.3 is 14.8 Å². The van der Waals surface area contributed by atoms with Crippen molar-refractivity contribution in [3.05, 3.63) is 72.3 Å². The van der Waals surface area contributed by atoms with Gasteiger partial charge in [0, 0.05) is 17.3 Å². The first-order valence-corrected chi connectivity index (χ1v) is 7.59. The molecule has 5 nitrogen and oxygen atoms in total. The summed E-state index contributed by atoms with van der Waals surface area (Å²) in [6.07, 6.45) is 3.15. The molecular weight excluding hydrogens is 318 g/mol. The molecule has 2 rings (SSSR count). The Balaban J connectivity index is 1.92. The predicted octanol–water partition coefficient (Wildman–Crippen LogP) is 3.83. The van der Waals surface area contributed by atoms with Gasteiger partial charge in [0.05, 0.1) is 7.11 Å². The first-order valence-electron chi connectivity index (χ1n) is 7.59. The SMILES string of the molecule is C=C(C)C(=O)Oc1ccc(NC(=O)C=Cc2ccc(OC)cc2)cc1. The van der Waals surface area contributed by atoms with E-state index in [0.29, 0.717) is 17.0 Å². The summed E-state index contributed by atoms with van der Waals surface area (Å²) in [5.41, 5.74) is 1.80. The molecule has 0 unspecified atom stereocenters. The second-order valence-electron chi connectivity index (χ2n) is 5.29. The summed E-state index contributed by atoms with van der Waals surface area (Å²) in [7, 11) is 1.60.